The maximum atomic E-state index is 12.7. The first-order chi connectivity index (χ1) is 13.0. The first kappa shape index (κ1) is 18.3. The molecule has 3 aromatic rings. The van der Waals surface area contributed by atoms with Crippen molar-refractivity contribution in [2.75, 3.05) is 6.61 Å². The monoisotopic (exact) mass is 401 g/mol. The lowest BCUT2D eigenvalue weighted by atomic mass is 9.98. The molecule has 0 radical (unpaired) electrons. The summed E-state index contributed by atoms with van der Waals surface area (Å²) >= 11 is 7.79. The van der Waals surface area contributed by atoms with E-state index in [2.05, 4.69) is 15.0 Å². The molecule has 140 valence electrons. The van der Waals surface area contributed by atoms with Crippen LogP contribution in [0, 0.1) is 6.92 Å². The average Bonchev–Trinajstić information content (AvgIpc) is 3.38. The van der Waals surface area contributed by atoms with E-state index in [0.717, 1.165) is 39.3 Å². The van der Waals surface area contributed by atoms with Gasteiger partial charge in [-0.3, -0.25) is 4.79 Å². The van der Waals surface area contributed by atoms with Gasteiger partial charge in [-0.2, -0.15) is 0 Å². The number of carbonyl (C=O) groups excluding carboxylic acids is 1. The van der Waals surface area contributed by atoms with Crippen molar-refractivity contribution in [2.45, 2.75) is 45.4 Å². The summed E-state index contributed by atoms with van der Waals surface area (Å²) in [7, 11) is 0. The molecule has 3 aromatic heterocycles. The number of hydrogen-bond acceptors (Lipinski definition) is 6. The third-order valence-electron chi connectivity index (χ3n) is 4.57. The Morgan fingerprint density at radius 2 is 2.11 bits per heavy atom. The Labute approximate surface area is 166 Å². The second-order valence-electron chi connectivity index (χ2n) is 6.81. The average molecular weight is 402 g/mol. The molecule has 0 atom stereocenters. The van der Waals surface area contributed by atoms with Gasteiger partial charge in [-0.05, 0) is 55.4 Å². The van der Waals surface area contributed by atoms with Crippen LogP contribution in [-0.4, -0.2) is 27.3 Å². The highest BCUT2D eigenvalue weighted by molar-refractivity contribution is 7.18. The predicted molar refractivity (Wildman–Crippen MR) is 107 cm³/mol. The number of pyridine rings is 2. The van der Waals surface area contributed by atoms with Crippen LogP contribution in [0.25, 0.3) is 10.3 Å². The molecule has 3 heterocycles. The van der Waals surface area contributed by atoms with Gasteiger partial charge in [-0.1, -0.05) is 22.9 Å². The lowest BCUT2D eigenvalue weighted by Crippen LogP contribution is -2.09. The van der Waals surface area contributed by atoms with Gasteiger partial charge in [-0.25, -0.2) is 15.0 Å². The normalized spacial score (nSPS) is 13.9. The number of nitrogens with zero attached hydrogens (tertiary/aromatic N) is 3. The number of ether oxygens (including phenoxy) is 1. The number of hydrogen-bond donors (Lipinski definition) is 0. The van der Waals surface area contributed by atoms with Crippen molar-refractivity contribution < 1.29 is 9.53 Å². The van der Waals surface area contributed by atoms with E-state index in [1.54, 1.807) is 23.6 Å². The zero-order chi connectivity index (χ0) is 19.0. The minimum atomic E-state index is 0.118. The number of thiazole rings is 1. The number of aromatic nitrogens is 3. The first-order valence-electron chi connectivity index (χ1n) is 9.09. The first-order valence-corrected chi connectivity index (χ1v) is 10.3. The lowest BCUT2D eigenvalue weighted by molar-refractivity contribution is -0.117. The van der Waals surface area contributed by atoms with Crippen molar-refractivity contribution in [3.63, 3.8) is 0 Å². The number of Topliss-reactive ketones (excluding diaryl/α,β-unsaturated/α-hetero) is 1. The Hall–Kier alpha value is -2.05. The van der Waals surface area contributed by atoms with E-state index in [1.165, 1.54) is 5.56 Å². The summed E-state index contributed by atoms with van der Waals surface area (Å²) in [6, 6.07) is 1.75. The van der Waals surface area contributed by atoms with Crippen LogP contribution in [0.5, 0.6) is 5.88 Å². The molecule has 0 aliphatic heterocycles. The molecule has 1 aliphatic rings. The number of rotatable bonds is 7. The van der Waals surface area contributed by atoms with Gasteiger partial charge in [0.25, 0.3) is 0 Å². The van der Waals surface area contributed by atoms with Crippen LogP contribution < -0.4 is 4.74 Å². The van der Waals surface area contributed by atoms with E-state index in [-0.39, 0.29) is 12.2 Å². The molecule has 0 saturated heterocycles. The van der Waals surface area contributed by atoms with E-state index in [4.69, 9.17) is 16.3 Å². The van der Waals surface area contributed by atoms with Crippen molar-refractivity contribution in [1.29, 1.82) is 0 Å². The molecule has 4 rings (SSSR count). The van der Waals surface area contributed by atoms with Gasteiger partial charge < -0.3 is 4.74 Å². The van der Waals surface area contributed by atoms with E-state index in [1.807, 2.05) is 20.0 Å². The van der Waals surface area contributed by atoms with Crippen molar-refractivity contribution in [2.24, 2.45) is 0 Å². The Bertz CT molecular complexity index is 1010. The quantitative estimate of drug-likeness (QED) is 0.575. The fourth-order valence-corrected chi connectivity index (χ4v) is 4.33. The molecule has 1 saturated carbocycles. The molecule has 5 nitrogen and oxygen atoms in total. The highest BCUT2D eigenvalue weighted by Crippen LogP contribution is 2.45. The summed E-state index contributed by atoms with van der Waals surface area (Å²) in [6.45, 7) is 4.37. The van der Waals surface area contributed by atoms with E-state index >= 15 is 0 Å². The largest absolute Gasteiger partial charge is 0.477 e. The molecular formula is C20H20ClN3O2S. The van der Waals surface area contributed by atoms with Gasteiger partial charge in [0.05, 0.1) is 11.6 Å². The zero-order valence-electron chi connectivity index (χ0n) is 15.3. The fourth-order valence-electron chi connectivity index (χ4n) is 3.31. The van der Waals surface area contributed by atoms with Crippen LogP contribution in [0.15, 0.2) is 18.5 Å². The Morgan fingerprint density at radius 3 is 2.81 bits per heavy atom. The summed E-state index contributed by atoms with van der Waals surface area (Å²) in [6.07, 6.45) is 6.48. The standard InChI is InChI=1S/C20H20ClN3O2S/c1-3-26-19-16(21)7-12(9-22-19)6-15(25)8-14-10-23-20-18(24-11(2)27-20)17(14)13-4-5-13/h7,9-10,13H,3-6,8H2,1-2H3. The Kier molecular flexibility index (Phi) is 5.10. The van der Waals surface area contributed by atoms with Gasteiger partial charge in [0.15, 0.2) is 0 Å². The molecule has 0 spiro atoms. The molecule has 0 aromatic carbocycles. The minimum Gasteiger partial charge on any atom is -0.477 e. The summed E-state index contributed by atoms with van der Waals surface area (Å²) in [4.78, 5) is 27.1. The SMILES string of the molecule is CCOc1ncc(CC(=O)Cc2cnc3sc(C)nc3c2C2CC2)cc1Cl. The van der Waals surface area contributed by atoms with Crippen LogP contribution in [0.1, 0.15) is 47.4 Å². The van der Waals surface area contributed by atoms with Crippen LogP contribution in [0.4, 0.5) is 0 Å². The molecule has 0 N–H and O–H groups in total. The maximum absolute atomic E-state index is 12.7. The summed E-state index contributed by atoms with van der Waals surface area (Å²) < 4.78 is 5.34. The third kappa shape index (κ3) is 3.96. The molecule has 7 heteroatoms. The third-order valence-corrected chi connectivity index (χ3v) is 5.72. The molecule has 27 heavy (non-hydrogen) atoms. The van der Waals surface area contributed by atoms with Gasteiger partial charge in [0.1, 0.15) is 21.2 Å². The van der Waals surface area contributed by atoms with Gasteiger partial charge >= 0.3 is 0 Å². The molecule has 0 bridgehead atoms. The summed E-state index contributed by atoms with van der Waals surface area (Å²) in [5.41, 5.74) is 4.00. The molecule has 0 amide bonds. The molecule has 1 fully saturated rings. The molecule has 0 unspecified atom stereocenters. The maximum Gasteiger partial charge on any atom is 0.232 e. The second kappa shape index (κ2) is 7.52. The van der Waals surface area contributed by atoms with Crippen molar-refractivity contribution in [3.05, 3.63) is 45.2 Å². The van der Waals surface area contributed by atoms with E-state index in [9.17, 15) is 4.79 Å². The fraction of sp³-hybridized carbons (Fsp3) is 0.400. The zero-order valence-corrected chi connectivity index (χ0v) is 16.9. The van der Waals surface area contributed by atoms with Gasteiger partial charge in [0.2, 0.25) is 5.88 Å². The highest BCUT2D eigenvalue weighted by atomic mass is 35.5. The summed E-state index contributed by atoms with van der Waals surface area (Å²) in [5, 5.41) is 1.44. The van der Waals surface area contributed by atoms with Crippen LogP contribution in [-0.2, 0) is 17.6 Å². The number of carbonyl (C=O) groups is 1. The lowest BCUT2D eigenvalue weighted by Gasteiger charge is -2.09. The van der Waals surface area contributed by atoms with Crippen molar-refractivity contribution in [1.82, 2.24) is 15.0 Å². The second-order valence-corrected chi connectivity index (χ2v) is 8.40. The Morgan fingerprint density at radius 1 is 1.30 bits per heavy atom. The topological polar surface area (TPSA) is 65.0 Å². The van der Waals surface area contributed by atoms with Crippen LogP contribution in [0.3, 0.4) is 0 Å². The Balaban J connectivity index is 1.54. The number of ketones is 1. The number of fused-ring (bicyclic) bond motifs is 1. The van der Waals surface area contributed by atoms with Crippen LogP contribution in [0.2, 0.25) is 5.02 Å². The van der Waals surface area contributed by atoms with Crippen LogP contribution >= 0.6 is 22.9 Å². The predicted octanol–water partition coefficient (Wildman–Crippen LogP) is 4.68. The summed E-state index contributed by atoms with van der Waals surface area (Å²) in [5.74, 6) is 1.04. The molecule has 1 aliphatic carbocycles. The van der Waals surface area contributed by atoms with Crippen molar-refractivity contribution >= 4 is 39.1 Å². The van der Waals surface area contributed by atoms with Crippen molar-refractivity contribution in [3.8, 4) is 5.88 Å². The number of aryl methyl sites for hydroxylation is 1. The van der Waals surface area contributed by atoms with Gasteiger partial charge in [0, 0.05) is 25.2 Å². The van der Waals surface area contributed by atoms with E-state index < -0.39 is 0 Å². The minimum absolute atomic E-state index is 0.118. The van der Waals surface area contributed by atoms with Gasteiger partial charge in [-0.15, -0.1) is 0 Å². The highest BCUT2D eigenvalue weighted by Gasteiger charge is 2.30. The smallest absolute Gasteiger partial charge is 0.232 e. The number of halogens is 1. The molecular weight excluding hydrogens is 382 g/mol. The van der Waals surface area contributed by atoms with E-state index in [0.29, 0.717) is 29.8 Å².